The number of rotatable bonds is 5. The lowest BCUT2D eigenvalue weighted by atomic mass is 9.99. The van der Waals surface area contributed by atoms with Crippen LogP contribution in [-0.4, -0.2) is 22.8 Å². The molecular formula is C19H13ClF4N2O3. The number of aliphatic hydroxyl groups is 1. The van der Waals surface area contributed by atoms with Crippen molar-refractivity contribution in [3.63, 3.8) is 0 Å². The third-order valence-electron chi connectivity index (χ3n) is 4.08. The fourth-order valence-corrected chi connectivity index (χ4v) is 3.00. The van der Waals surface area contributed by atoms with Crippen LogP contribution in [0.25, 0.3) is 11.1 Å². The van der Waals surface area contributed by atoms with E-state index in [9.17, 15) is 27.5 Å². The van der Waals surface area contributed by atoms with Crippen LogP contribution in [0.1, 0.15) is 21.6 Å². The highest BCUT2D eigenvalue weighted by atomic mass is 35.5. The second-order valence-electron chi connectivity index (χ2n) is 5.99. The number of alkyl halides is 3. The normalized spacial score (nSPS) is 11.5. The van der Waals surface area contributed by atoms with Crippen LogP contribution in [0.3, 0.4) is 0 Å². The molecule has 2 aromatic carbocycles. The summed E-state index contributed by atoms with van der Waals surface area (Å²) in [4.78, 5) is 12.3. The van der Waals surface area contributed by atoms with E-state index < -0.39 is 23.5 Å². The number of carbonyl (C=O) groups excluding carboxylic acids is 1. The van der Waals surface area contributed by atoms with Gasteiger partial charge in [0.15, 0.2) is 5.69 Å². The van der Waals surface area contributed by atoms with Gasteiger partial charge in [0, 0.05) is 28.9 Å². The van der Waals surface area contributed by atoms with Gasteiger partial charge in [0.25, 0.3) is 5.91 Å². The summed E-state index contributed by atoms with van der Waals surface area (Å²) in [6, 6.07) is 6.61. The lowest BCUT2D eigenvalue weighted by Gasteiger charge is -2.15. The molecule has 0 atom stereocenters. The smallest absolute Gasteiger partial charge is 0.396 e. The molecule has 152 valence electrons. The Labute approximate surface area is 166 Å². The van der Waals surface area contributed by atoms with Gasteiger partial charge in [-0.2, -0.15) is 13.2 Å². The zero-order valence-corrected chi connectivity index (χ0v) is 15.3. The molecule has 0 bridgehead atoms. The maximum absolute atomic E-state index is 14.0. The highest BCUT2D eigenvalue weighted by Crippen LogP contribution is 2.37. The third-order valence-corrected chi connectivity index (χ3v) is 4.39. The van der Waals surface area contributed by atoms with E-state index in [0.717, 1.165) is 12.1 Å². The van der Waals surface area contributed by atoms with Crippen molar-refractivity contribution in [3.8, 4) is 11.1 Å². The lowest BCUT2D eigenvalue weighted by molar-refractivity contribution is -0.139. The number of halogens is 5. The van der Waals surface area contributed by atoms with Gasteiger partial charge in [0.1, 0.15) is 12.1 Å². The molecule has 0 radical (unpaired) electrons. The summed E-state index contributed by atoms with van der Waals surface area (Å²) < 4.78 is 57.0. The minimum Gasteiger partial charge on any atom is -0.396 e. The average molecular weight is 429 g/mol. The van der Waals surface area contributed by atoms with E-state index >= 15 is 0 Å². The van der Waals surface area contributed by atoms with Gasteiger partial charge in [-0.15, -0.1) is 0 Å². The van der Waals surface area contributed by atoms with Crippen LogP contribution < -0.4 is 5.32 Å². The summed E-state index contributed by atoms with van der Waals surface area (Å²) >= 11 is 6.22. The molecule has 0 spiro atoms. The highest BCUT2D eigenvalue weighted by molar-refractivity contribution is 6.33. The Kier molecular flexibility index (Phi) is 5.90. The third kappa shape index (κ3) is 4.57. The summed E-state index contributed by atoms with van der Waals surface area (Å²) in [6.07, 6.45) is -3.47. The second-order valence-corrected chi connectivity index (χ2v) is 6.40. The minimum absolute atomic E-state index is 0.00276. The molecule has 2 N–H and O–H groups in total. The number of hydrogen-bond acceptors (Lipinski definition) is 4. The Hall–Kier alpha value is -2.91. The van der Waals surface area contributed by atoms with E-state index in [1.807, 2.05) is 0 Å². The average Bonchev–Trinajstić information content (AvgIpc) is 3.17. The first-order valence-electron chi connectivity index (χ1n) is 8.23. The predicted octanol–water partition coefficient (Wildman–Crippen LogP) is 4.94. The zero-order valence-electron chi connectivity index (χ0n) is 14.6. The predicted molar refractivity (Wildman–Crippen MR) is 97.1 cm³/mol. The fraction of sp³-hybridized carbons (Fsp3) is 0.158. The van der Waals surface area contributed by atoms with Crippen LogP contribution in [0.15, 0.2) is 47.2 Å². The van der Waals surface area contributed by atoms with E-state index in [1.165, 1.54) is 24.5 Å². The molecule has 0 unspecified atom stereocenters. The second kappa shape index (κ2) is 8.22. The maximum Gasteiger partial charge on any atom is 0.419 e. The van der Waals surface area contributed by atoms with Crippen LogP contribution in [0.4, 0.5) is 23.2 Å². The Morgan fingerprint density at radius 3 is 2.55 bits per heavy atom. The first kappa shape index (κ1) is 20.8. The number of carbonyl (C=O) groups is 1. The van der Waals surface area contributed by atoms with Crippen molar-refractivity contribution in [3.05, 3.63) is 70.3 Å². The summed E-state index contributed by atoms with van der Waals surface area (Å²) in [5.41, 5.74) is -0.382. The van der Waals surface area contributed by atoms with E-state index in [-0.39, 0.29) is 40.6 Å². The summed E-state index contributed by atoms with van der Waals surface area (Å²) in [7, 11) is 0. The molecule has 3 rings (SSSR count). The van der Waals surface area contributed by atoms with Gasteiger partial charge in [-0.05, 0) is 41.8 Å². The number of anilines is 1. The van der Waals surface area contributed by atoms with Crippen molar-refractivity contribution < 1.29 is 32.0 Å². The van der Waals surface area contributed by atoms with Crippen molar-refractivity contribution in [2.24, 2.45) is 0 Å². The number of benzene rings is 2. The van der Waals surface area contributed by atoms with Gasteiger partial charge in [0.05, 0.1) is 5.56 Å². The minimum atomic E-state index is -4.83. The van der Waals surface area contributed by atoms with Gasteiger partial charge in [0.2, 0.25) is 0 Å². The fourth-order valence-electron chi connectivity index (χ4n) is 2.71. The standard InChI is InChI=1S/C19H13ClF4N2O3/c20-14-7-11(3-5-27)17(25-18(28)16-4-6-29-26-16)9-12(14)10-1-2-13(15(21)8-10)19(22,23)24/h1-2,4,6-9,27H,3,5H2,(H,25,28). The van der Waals surface area contributed by atoms with Crippen LogP contribution in [0, 0.1) is 5.82 Å². The number of hydrogen-bond donors (Lipinski definition) is 2. The van der Waals surface area contributed by atoms with Crippen molar-refractivity contribution in [2.45, 2.75) is 12.6 Å². The topological polar surface area (TPSA) is 75.4 Å². The number of amides is 1. The molecule has 1 heterocycles. The Morgan fingerprint density at radius 2 is 1.97 bits per heavy atom. The largest absolute Gasteiger partial charge is 0.419 e. The molecule has 29 heavy (non-hydrogen) atoms. The molecule has 1 aromatic heterocycles. The van der Waals surface area contributed by atoms with Crippen LogP contribution in [0.5, 0.6) is 0 Å². The monoisotopic (exact) mass is 428 g/mol. The molecule has 0 saturated heterocycles. The lowest BCUT2D eigenvalue weighted by Crippen LogP contribution is -2.14. The molecule has 0 aliphatic carbocycles. The highest BCUT2D eigenvalue weighted by Gasteiger charge is 2.34. The maximum atomic E-state index is 14.0. The molecule has 0 aliphatic heterocycles. The SMILES string of the molecule is O=C(Nc1cc(-c2ccc(C(F)(F)F)c(F)c2)c(Cl)cc1CCO)c1ccon1. The van der Waals surface area contributed by atoms with Gasteiger partial charge in [-0.25, -0.2) is 4.39 Å². The Bertz CT molecular complexity index is 1040. The number of nitrogens with one attached hydrogen (secondary N) is 1. The number of nitrogens with zero attached hydrogens (tertiary/aromatic N) is 1. The van der Waals surface area contributed by atoms with Crippen molar-refractivity contribution in [2.75, 3.05) is 11.9 Å². The number of aromatic nitrogens is 1. The van der Waals surface area contributed by atoms with E-state index in [4.69, 9.17) is 11.6 Å². The van der Waals surface area contributed by atoms with E-state index in [0.29, 0.717) is 11.6 Å². The Balaban J connectivity index is 2.03. The summed E-state index contributed by atoms with van der Waals surface area (Å²) in [5, 5.41) is 15.5. The van der Waals surface area contributed by atoms with Gasteiger partial charge < -0.3 is 14.9 Å². The van der Waals surface area contributed by atoms with E-state index in [1.54, 1.807) is 0 Å². The molecular weight excluding hydrogens is 416 g/mol. The van der Waals surface area contributed by atoms with Gasteiger partial charge >= 0.3 is 6.18 Å². The number of aliphatic hydroxyl groups excluding tert-OH is 1. The molecule has 5 nitrogen and oxygen atoms in total. The van der Waals surface area contributed by atoms with Crippen LogP contribution in [-0.2, 0) is 12.6 Å². The summed E-state index contributed by atoms with van der Waals surface area (Å²) in [6.45, 7) is -0.239. The molecule has 3 aromatic rings. The molecule has 10 heteroatoms. The molecule has 0 aliphatic rings. The van der Waals surface area contributed by atoms with E-state index in [2.05, 4.69) is 15.0 Å². The van der Waals surface area contributed by atoms with Crippen molar-refractivity contribution in [1.29, 1.82) is 0 Å². The first-order valence-corrected chi connectivity index (χ1v) is 8.60. The van der Waals surface area contributed by atoms with Gasteiger partial charge in [-0.3, -0.25) is 4.79 Å². The molecule has 1 amide bonds. The molecule has 0 saturated carbocycles. The van der Waals surface area contributed by atoms with Crippen molar-refractivity contribution in [1.82, 2.24) is 5.16 Å². The molecule has 0 fully saturated rings. The zero-order chi connectivity index (χ0) is 21.2. The Morgan fingerprint density at radius 1 is 1.21 bits per heavy atom. The van der Waals surface area contributed by atoms with Crippen molar-refractivity contribution >= 4 is 23.2 Å². The van der Waals surface area contributed by atoms with Crippen LogP contribution in [0.2, 0.25) is 5.02 Å². The quantitative estimate of drug-likeness (QED) is 0.564. The van der Waals surface area contributed by atoms with Gasteiger partial charge in [-0.1, -0.05) is 22.8 Å². The summed E-state index contributed by atoms with van der Waals surface area (Å²) in [5.74, 6) is -2.05. The first-order chi connectivity index (χ1) is 13.7. The van der Waals surface area contributed by atoms with Crippen LogP contribution >= 0.6 is 11.6 Å².